The van der Waals surface area contributed by atoms with Crippen LogP contribution in [0.15, 0.2) is 65.2 Å². The van der Waals surface area contributed by atoms with E-state index in [1.165, 1.54) is 43.9 Å². The molecular weight excluding hydrogens is 438 g/mol. The van der Waals surface area contributed by atoms with Crippen molar-refractivity contribution < 1.29 is 5.11 Å². The van der Waals surface area contributed by atoms with Crippen LogP contribution in [0.25, 0.3) is 11.0 Å². The summed E-state index contributed by atoms with van der Waals surface area (Å²) in [6.07, 6.45) is 15.1. The predicted molar refractivity (Wildman–Crippen MR) is 153 cm³/mol. The van der Waals surface area contributed by atoms with E-state index >= 15 is 0 Å². The van der Waals surface area contributed by atoms with Crippen molar-refractivity contribution in [1.82, 2.24) is 15.0 Å². The molecule has 0 bridgehead atoms. The summed E-state index contributed by atoms with van der Waals surface area (Å²) < 4.78 is 0. The number of fused-ring (bicyclic) bond motifs is 1. The summed E-state index contributed by atoms with van der Waals surface area (Å²) in [5.74, 6) is 0.265. The minimum Gasteiger partial charge on any atom is -0.505 e. The minimum atomic E-state index is 0.265. The van der Waals surface area contributed by atoms with E-state index in [0.29, 0.717) is 16.2 Å². The molecule has 0 aliphatic heterocycles. The average Bonchev–Trinajstić information content (AvgIpc) is 3.15. The molecule has 2 N–H and O–H groups in total. The highest BCUT2D eigenvalue weighted by Gasteiger charge is 2.15. The van der Waals surface area contributed by atoms with E-state index in [-0.39, 0.29) is 5.75 Å². The summed E-state index contributed by atoms with van der Waals surface area (Å²) in [6.45, 7) is 25.1. The van der Waals surface area contributed by atoms with Crippen LogP contribution in [-0.4, -0.2) is 20.1 Å². The molecule has 0 saturated carbocycles. The highest BCUT2D eigenvalue weighted by atomic mass is 32.2. The van der Waals surface area contributed by atoms with Gasteiger partial charge in [0.05, 0.1) is 16.8 Å². The van der Waals surface area contributed by atoms with Crippen molar-refractivity contribution in [3.05, 3.63) is 71.5 Å². The van der Waals surface area contributed by atoms with Gasteiger partial charge in [-0.1, -0.05) is 108 Å². The highest BCUT2D eigenvalue weighted by molar-refractivity contribution is 8.03. The third-order valence-corrected chi connectivity index (χ3v) is 6.07. The lowest BCUT2D eigenvalue weighted by atomic mass is 10.1. The van der Waals surface area contributed by atoms with E-state index in [9.17, 15) is 5.11 Å². The zero-order valence-electron chi connectivity index (χ0n) is 22.4. The number of rotatable bonds is 10. The number of hydrogen-bond acceptors (Lipinski definition) is 4. The van der Waals surface area contributed by atoms with Crippen molar-refractivity contribution in [2.75, 3.05) is 0 Å². The Balaban J connectivity index is 0.000000826. The lowest BCUT2D eigenvalue weighted by Gasteiger charge is -2.05. The van der Waals surface area contributed by atoms with E-state index in [2.05, 4.69) is 54.6 Å². The molecule has 2 heterocycles. The molecule has 0 atom stereocenters. The Labute approximate surface area is 212 Å². The molecule has 0 radical (unpaired) electrons. The molecule has 34 heavy (non-hydrogen) atoms. The van der Waals surface area contributed by atoms with Gasteiger partial charge in [0.1, 0.15) is 11.4 Å². The first kappa shape index (κ1) is 31.5. The number of aromatic hydroxyl groups is 1. The fourth-order valence-electron chi connectivity index (χ4n) is 2.87. The fraction of sp³-hybridized carbons (Fsp3) is 0.448. The number of unbranched alkanes of at least 4 members (excludes halogenated alkanes) is 4. The maximum atomic E-state index is 10.2. The second-order valence-electron chi connectivity index (χ2n) is 8.05. The number of aryl methyl sites for hydroxylation is 2. The van der Waals surface area contributed by atoms with E-state index in [1.54, 1.807) is 12.2 Å². The van der Waals surface area contributed by atoms with Gasteiger partial charge in [-0.05, 0) is 45.8 Å². The number of thioether (sulfide) groups is 1. The molecule has 5 heteroatoms. The Hall–Kier alpha value is -2.53. The van der Waals surface area contributed by atoms with Gasteiger partial charge in [-0.3, -0.25) is 0 Å². The van der Waals surface area contributed by atoms with Gasteiger partial charge in [-0.2, -0.15) is 0 Å². The quantitative estimate of drug-likeness (QED) is 0.153. The summed E-state index contributed by atoms with van der Waals surface area (Å²) in [6, 6.07) is 0. The number of allylic oxidation sites excluding steroid dienone is 6. The number of aromatic nitrogens is 3. The molecule has 2 aromatic rings. The molecule has 2 rings (SSSR count). The lowest BCUT2D eigenvalue weighted by molar-refractivity contribution is 0.474. The highest BCUT2D eigenvalue weighted by Crippen LogP contribution is 2.33. The Kier molecular flexibility index (Phi) is 16.6. The van der Waals surface area contributed by atoms with Crippen molar-refractivity contribution in [3.63, 3.8) is 0 Å². The minimum absolute atomic E-state index is 0.265. The number of hydrogen-bond donors (Lipinski definition) is 2. The van der Waals surface area contributed by atoms with Crippen LogP contribution in [0, 0.1) is 6.92 Å². The predicted octanol–water partition coefficient (Wildman–Crippen LogP) is 9.39. The molecule has 0 amide bonds. The van der Waals surface area contributed by atoms with Crippen LogP contribution in [0.4, 0.5) is 0 Å². The maximum absolute atomic E-state index is 10.2. The van der Waals surface area contributed by atoms with Gasteiger partial charge < -0.3 is 10.1 Å². The molecule has 0 unspecified atom stereocenters. The van der Waals surface area contributed by atoms with E-state index in [4.69, 9.17) is 0 Å². The van der Waals surface area contributed by atoms with Crippen LogP contribution in [0.2, 0.25) is 0 Å². The molecule has 188 valence electrons. The summed E-state index contributed by atoms with van der Waals surface area (Å²) in [7, 11) is 0. The summed E-state index contributed by atoms with van der Waals surface area (Å²) in [4.78, 5) is 13.3. The molecule has 4 nitrogen and oxygen atoms in total. The summed E-state index contributed by atoms with van der Waals surface area (Å²) in [5, 5.41) is 11.6. The van der Waals surface area contributed by atoms with Gasteiger partial charge >= 0.3 is 0 Å². The van der Waals surface area contributed by atoms with Crippen LogP contribution >= 0.6 is 11.8 Å². The Morgan fingerprint density at radius 1 is 1.03 bits per heavy atom. The standard InChI is InChI=1S/C18H23N3OS.C7H16.C4H6/c1-7-13(9-11(5)10(3)4)23-18-19-12(6)15-16(22)14(8-2)20-17(15)21-18;1-3-5-7-6-4-2;1-3-4-2/h7,9,22H,3,8H2,1-2,4-6H3,(H,19,20,21);3-7H2,1-2H3;3-4H,1-2H2/b11-9-,13-7+;;. The number of nitrogens with one attached hydrogen (secondary N) is 1. The molecule has 0 spiro atoms. The smallest absolute Gasteiger partial charge is 0.194 e. The SMILES string of the molecule is C=C(C)/C(C)=C\C(=C/C)Sc1nc(C)c2c(O)c(CC)[nH]c2n1.C=CC=C.CCCCCCC. The number of nitrogens with zero attached hydrogens (tertiary/aromatic N) is 2. The summed E-state index contributed by atoms with van der Waals surface area (Å²) in [5.41, 5.74) is 4.44. The van der Waals surface area contributed by atoms with Crippen molar-refractivity contribution >= 4 is 22.8 Å². The van der Waals surface area contributed by atoms with Gasteiger partial charge in [-0.25, -0.2) is 9.97 Å². The van der Waals surface area contributed by atoms with Crippen LogP contribution in [-0.2, 0) is 6.42 Å². The monoisotopic (exact) mass is 483 g/mol. The molecule has 0 fully saturated rings. The molecule has 0 aliphatic carbocycles. The third-order valence-electron chi connectivity index (χ3n) is 5.11. The largest absolute Gasteiger partial charge is 0.505 e. The Bertz CT molecular complexity index is 973. The molecule has 0 aliphatic rings. The molecule has 0 aromatic carbocycles. The molecular formula is C29H45N3OS. The van der Waals surface area contributed by atoms with Crippen LogP contribution < -0.4 is 0 Å². The van der Waals surface area contributed by atoms with E-state index in [0.717, 1.165) is 33.9 Å². The van der Waals surface area contributed by atoms with Crippen LogP contribution in [0.3, 0.4) is 0 Å². The van der Waals surface area contributed by atoms with Crippen molar-refractivity contribution in [3.8, 4) is 5.75 Å². The van der Waals surface area contributed by atoms with E-state index in [1.807, 2.05) is 40.7 Å². The zero-order valence-corrected chi connectivity index (χ0v) is 23.2. The average molecular weight is 484 g/mol. The second kappa shape index (κ2) is 17.9. The summed E-state index contributed by atoms with van der Waals surface area (Å²) >= 11 is 1.51. The van der Waals surface area contributed by atoms with Crippen LogP contribution in [0.5, 0.6) is 5.75 Å². The Morgan fingerprint density at radius 2 is 1.62 bits per heavy atom. The van der Waals surface area contributed by atoms with Gasteiger partial charge in [0.25, 0.3) is 0 Å². The molecule has 2 aromatic heterocycles. The fourth-order valence-corrected chi connectivity index (χ4v) is 3.75. The third kappa shape index (κ3) is 11.1. The van der Waals surface area contributed by atoms with Crippen molar-refractivity contribution in [2.24, 2.45) is 0 Å². The second-order valence-corrected chi connectivity index (χ2v) is 9.09. The van der Waals surface area contributed by atoms with Crippen molar-refractivity contribution in [2.45, 2.75) is 92.1 Å². The Morgan fingerprint density at radius 3 is 2.06 bits per heavy atom. The first-order valence-electron chi connectivity index (χ1n) is 12.2. The van der Waals surface area contributed by atoms with Gasteiger partial charge in [0.2, 0.25) is 0 Å². The van der Waals surface area contributed by atoms with Gasteiger partial charge in [0.15, 0.2) is 5.16 Å². The van der Waals surface area contributed by atoms with E-state index < -0.39 is 0 Å². The normalized spacial score (nSPS) is 11.3. The van der Waals surface area contributed by atoms with Gasteiger partial charge in [0, 0.05) is 4.91 Å². The number of H-pyrrole nitrogens is 1. The first-order chi connectivity index (χ1) is 16.2. The van der Waals surface area contributed by atoms with Crippen molar-refractivity contribution in [1.29, 1.82) is 0 Å². The van der Waals surface area contributed by atoms with Gasteiger partial charge in [-0.15, -0.1) is 0 Å². The zero-order chi connectivity index (χ0) is 26.1. The molecule has 0 saturated heterocycles. The topological polar surface area (TPSA) is 61.8 Å². The first-order valence-corrected chi connectivity index (χ1v) is 13.0. The number of aromatic amines is 1. The maximum Gasteiger partial charge on any atom is 0.194 e. The lowest BCUT2D eigenvalue weighted by Crippen LogP contribution is -1.92. The van der Waals surface area contributed by atoms with Crippen LogP contribution in [0.1, 0.15) is 85.0 Å².